The molecule has 1 aliphatic rings. The van der Waals surface area contributed by atoms with Crippen LogP contribution in [0.25, 0.3) is 5.76 Å². The largest absolute Gasteiger partial charge is 0.507 e. The van der Waals surface area contributed by atoms with Crippen molar-refractivity contribution in [2.75, 3.05) is 12.0 Å². The van der Waals surface area contributed by atoms with Gasteiger partial charge in [-0.05, 0) is 54.8 Å². The molecule has 1 amide bonds. The van der Waals surface area contributed by atoms with Gasteiger partial charge < -0.3 is 9.84 Å². The van der Waals surface area contributed by atoms with Crippen LogP contribution < -0.4 is 9.64 Å². The van der Waals surface area contributed by atoms with Crippen molar-refractivity contribution in [3.63, 3.8) is 0 Å². The molecule has 33 heavy (non-hydrogen) atoms. The predicted octanol–water partition coefficient (Wildman–Crippen LogP) is 6.25. The number of nitrogens with zero attached hydrogens (tertiary/aromatic N) is 1. The highest BCUT2D eigenvalue weighted by molar-refractivity contribution is 6.51. The smallest absolute Gasteiger partial charge is 0.300 e. The Morgan fingerprint density at radius 3 is 2.06 bits per heavy atom. The first-order valence-electron chi connectivity index (χ1n) is 10.2. The second kappa shape index (κ2) is 8.93. The monoisotopic (exact) mass is 481 g/mol. The number of rotatable bonds is 4. The van der Waals surface area contributed by atoms with Crippen molar-refractivity contribution in [2.45, 2.75) is 19.9 Å². The number of carbonyl (C=O) groups is 2. The number of aryl methyl sites for hydroxylation is 2. The fourth-order valence-corrected chi connectivity index (χ4v) is 4.83. The maximum absolute atomic E-state index is 13.3. The zero-order valence-corrected chi connectivity index (χ0v) is 19.7. The number of ketones is 1. The molecule has 1 N–H and O–H groups in total. The van der Waals surface area contributed by atoms with Crippen LogP contribution in [-0.2, 0) is 9.59 Å². The zero-order valence-electron chi connectivity index (χ0n) is 18.2. The maximum Gasteiger partial charge on any atom is 0.300 e. The van der Waals surface area contributed by atoms with Crippen molar-refractivity contribution >= 4 is 46.3 Å². The number of amides is 1. The van der Waals surface area contributed by atoms with Gasteiger partial charge in [-0.25, -0.2) is 0 Å². The van der Waals surface area contributed by atoms with Gasteiger partial charge in [0.1, 0.15) is 5.76 Å². The van der Waals surface area contributed by atoms with E-state index < -0.39 is 17.7 Å². The number of Topliss-reactive ketones (excluding diaryl/α,β-unsaturated/α-hetero) is 1. The molecule has 0 aromatic heterocycles. The van der Waals surface area contributed by atoms with E-state index in [4.69, 9.17) is 27.9 Å². The number of methoxy groups -OCH3 is 1. The molecular formula is C26H21Cl2NO4. The van der Waals surface area contributed by atoms with Gasteiger partial charge in [0.15, 0.2) is 5.75 Å². The van der Waals surface area contributed by atoms with E-state index >= 15 is 0 Å². The van der Waals surface area contributed by atoms with Crippen LogP contribution in [0.3, 0.4) is 0 Å². The molecule has 1 unspecified atom stereocenters. The van der Waals surface area contributed by atoms with E-state index in [1.807, 2.05) is 62.4 Å². The molecule has 5 nitrogen and oxygen atoms in total. The molecule has 0 radical (unpaired) electrons. The molecule has 4 rings (SSSR count). The molecular weight excluding hydrogens is 461 g/mol. The quantitative estimate of drug-likeness (QED) is 0.271. The summed E-state index contributed by atoms with van der Waals surface area (Å²) in [5, 5.41) is 11.6. The van der Waals surface area contributed by atoms with Crippen LogP contribution >= 0.6 is 23.2 Å². The van der Waals surface area contributed by atoms with Gasteiger partial charge in [-0.2, -0.15) is 0 Å². The highest BCUT2D eigenvalue weighted by atomic mass is 35.5. The van der Waals surface area contributed by atoms with E-state index in [0.717, 1.165) is 11.1 Å². The van der Waals surface area contributed by atoms with Crippen LogP contribution in [0.5, 0.6) is 5.75 Å². The lowest BCUT2D eigenvalue weighted by Crippen LogP contribution is -2.29. The number of benzene rings is 3. The third kappa shape index (κ3) is 4.10. The fraction of sp³-hybridized carbons (Fsp3) is 0.154. The summed E-state index contributed by atoms with van der Waals surface area (Å²) in [7, 11) is 1.43. The molecule has 1 heterocycles. The minimum atomic E-state index is -0.827. The van der Waals surface area contributed by atoms with Crippen LogP contribution in [0, 0.1) is 13.8 Å². The van der Waals surface area contributed by atoms with Gasteiger partial charge in [0.05, 0.1) is 28.8 Å². The van der Waals surface area contributed by atoms with Crippen molar-refractivity contribution in [3.05, 3.63) is 98.5 Å². The second-order valence-electron chi connectivity index (χ2n) is 7.90. The minimum absolute atomic E-state index is 0.0392. The van der Waals surface area contributed by atoms with E-state index in [-0.39, 0.29) is 32.7 Å². The Bertz CT molecular complexity index is 1260. The molecule has 0 saturated carbocycles. The molecule has 7 heteroatoms. The van der Waals surface area contributed by atoms with Crippen molar-refractivity contribution in [3.8, 4) is 5.75 Å². The lowest BCUT2D eigenvalue weighted by molar-refractivity contribution is -0.132. The molecule has 0 bridgehead atoms. The van der Waals surface area contributed by atoms with Gasteiger partial charge >= 0.3 is 0 Å². The summed E-state index contributed by atoms with van der Waals surface area (Å²) < 4.78 is 5.17. The van der Waals surface area contributed by atoms with Crippen LogP contribution in [0.2, 0.25) is 10.0 Å². The number of anilines is 1. The molecule has 168 valence electrons. The third-order valence-electron chi connectivity index (χ3n) is 5.52. The summed E-state index contributed by atoms with van der Waals surface area (Å²) in [6.45, 7) is 3.85. The van der Waals surface area contributed by atoms with E-state index in [0.29, 0.717) is 11.3 Å². The summed E-state index contributed by atoms with van der Waals surface area (Å²) in [6.07, 6.45) is 0. The Labute approximate surface area is 201 Å². The van der Waals surface area contributed by atoms with Crippen LogP contribution in [-0.4, -0.2) is 23.9 Å². The molecule has 1 aliphatic heterocycles. The number of ether oxygens (including phenoxy) is 1. The lowest BCUT2D eigenvalue weighted by atomic mass is 9.95. The number of carbonyl (C=O) groups excluding carboxylic acids is 2. The van der Waals surface area contributed by atoms with Gasteiger partial charge in [0, 0.05) is 11.3 Å². The van der Waals surface area contributed by atoms with Gasteiger partial charge in [0.25, 0.3) is 11.7 Å². The summed E-state index contributed by atoms with van der Waals surface area (Å²) in [4.78, 5) is 27.9. The second-order valence-corrected chi connectivity index (χ2v) is 8.71. The Balaban J connectivity index is 1.97. The van der Waals surface area contributed by atoms with Crippen molar-refractivity contribution < 1.29 is 19.4 Å². The Hall–Kier alpha value is -3.28. The number of halogens is 2. The lowest BCUT2D eigenvalue weighted by Gasteiger charge is -2.26. The zero-order chi connectivity index (χ0) is 23.9. The van der Waals surface area contributed by atoms with Crippen LogP contribution in [0.1, 0.15) is 28.3 Å². The van der Waals surface area contributed by atoms with E-state index in [1.54, 1.807) is 0 Å². The first-order chi connectivity index (χ1) is 15.7. The molecule has 3 aromatic rings. The number of hydrogen-bond donors (Lipinski definition) is 1. The Kier molecular flexibility index (Phi) is 6.19. The summed E-state index contributed by atoms with van der Waals surface area (Å²) in [5.41, 5.74) is 3.34. The maximum atomic E-state index is 13.3. The van der Waals surface area contributed by atoms with Gasteiger partial charge in [-0.1, -0.05) is 59.6 Å². The number of hydrogen-bond acceptors (Lipinski definition) is 4. The molecule has 3 aromatic carbocycles. The average molecular weight is 482 g/mol. The van der Waals surface area contributed by atoms with Crippen molar-refractivity contribution in [1.82, 2.24) is 0 Å². The SMILES string of the molecule is COc1c(Cl)cc(/C(O)=C2\C(=O)C(=O)N(c3cc(C)cc(C)c3)C2c2ccccc2)cc1Cl. The third-order valence-corrected chi connectivity index (χ3v) is 6.08. The van der Waals surface area contributed by atoms with E-state index in [1.165, 1.54) is 24.1 Å². The standard InChI is InChI=1S/C26H21Cl2NO4/c1-14-9-15(2)11-18(10-14)29-22(16-7-5-4-6-8-16)21(24(31)26(29)32)23(30)17-12-19(27)25(33-3)20(28)13-17/h4-13,22,30H,1-3H3/b23-21+. The van der Waals surface area contributed by atoms with E-state index in [2.05, 4.69) is 0 Å². The highest BCUT2D eigenvalue weighted by Crippen LogP contribution is 2.44. The summed E-state index contributed by atoms with van der Waals surface area (Å²) in [5.74, 6) is -1.62. The topological polar surface area (TPSA) is 66.8 Å². The number of aliphatic hydroxyl groups excluding tert-OH is 1. The average Bonchev–Trinajstić information content (AvgIpc) is 3.03. The Morgan fingerprint density at radius 2 is 1.52 bits per heavy atom. The predicted molar refractivity (Wildman–Crippen MR) is 130 cm³/mol. The normalized spacial score (nSPS) is 17.5. The van der Waals surface area contributed by atoms with Gasteiger partial charge in [-0.15, -0.1) is 0 Å². The van der Waals surface area contributed by atoms with Crippen LogP contribution in [0.4, 0.5) is 5.69 Å². The van der Waals surface area contributed by atoms with Crippen LogP contribution in [0.15, 0.2) is 66.2 Å². The van der Waals surface area contributed by atoms with E-state index in [9.17, 15) is 14.7 Å². The Morgan fingerprint density at radius 1 is 0.939 bits per heavy atom. The number of aliphatic hydroxyl groups is 1. The van der Waals surface area contributed by atoms with Gasteiger partial charge in [-0.3, -0.25) is 14.5 Å². The molecule has 0 aliphatic carbocycles. The highest BCUT2D eigenvalue weighted by Gasteiger charge is 2.47. The minimum Gasteiger partial charge on any atom is -0.507 e. The molecule has 0 spiro atoms. The van der Waals surface area contributed by atoms with Crippen molar-refractivity contribution in [2.24, 2.45) is 0 Å². The van der Waals surface area contributed by atoms with Gasteiger partial charge in [0.2, 0.25) is 0 Å². The summed E-state index contributed by atoms with van der Waals surface area (Å²) >= 11 is 12.5. The molecule has 1 fully saturated rings. The first kappa shape index (κ1) is 22.9. The van der Waals surface area contributed by atoms with Crippen molar-refractivity contribution in [1.29, 1.82) is 0 Å². The molecule has 1 saturated heterocycles. The summed E-state index contributed by atoms with van der Waals surface area (Å²) in [6, 6.07) is 16.9. The first-order valence-corrected chi connectivity index (χ1v) is 11.0. The molecule has 1 atom stereocenters. The fourth-order valence-electron chi connectivity index (χ4n) is 4.19.